The van der Waals surface area contributed by atoms with Crippen molar-refractivity contribution in [1.29, 1.82) is 0 Å². The SMILES string of the molecule is Fc1cc[c-]cc1.O=P([O-])([O-])F.[Cu+2]. The Hall–Kier alpha value is -0.251. The van der Waals surface area contributed by atoms with Crippen molar-refractivity contribution in [2.24, 2.45) is 0 Å². The van der Waals surface area contributed by atoms with Gasteiger partial charge in [0.05, 0.1) is 0 Å². The molecule has 0 aliphatic heterocycles. The van der Waals surface area contributed by atoms with E-state index in [1.165, 1.54) is 24.3 Å². The molecule has 0 amide bonds. The third-order valence-electron chi connectivity index (χ3n) is 0.678. The molecule has 1 aromatic carbocycles. The Morgan fingerprint density at radius 2 is 1.62 bits per heavy atom. The fourth-order valence-electron chi connectivity index (χ4n) is 0.367. The Kier molecular flexibility index (Phi) is 8.41. The van der Waals surface area contributed by atoms with E-state index in [0.29, 0.717) is 0 Å². The molecule has 1 rings (SSSR count). The van der Waals surface area contributed by atoms with Crippen LogP contribution in [0, 0.1) is 11.9 Å². The number of hydrogen-bond acceptors (Lipinski definition) is 3. The van der Waals surface area contributed by atoms with Gasteiger partial charge < -0.3 is 14.4 Å². The molecular formula is C6H4CuF2O3P-. The van der Waals surface area contributed by atoms with Crippen LogP contribution in [0.2, 0.25) is 0 Å². The summed E-state index contributed by atoms with van der Waals surface area (Å²) in [5, 5.41) is 0. The first-order valence-electron chi connectivity index (χ1n) is 2.73. The standard InChI is InChI=1S/C6H4F.Cu.FH2O3P/c7-6-4-2-1-3-5-6;;1-5(2,3)4/h2-5H;;(H2,2,3,4)/q-1;+2;/p-2. The molecule has 0 aromatic heterocycles. The molecule has 0 saturated heterocycles. The maximum atomic E-state index is 11.9. The number of rotatable bonds is 0. The van der Waals surface area contributed by atoms with Crippen molar-refractivity contribution in [3.63, 3.8) is 0 Å². The van der Waals surface area contributed by atoms with Crippen molar-refractivity contribution in [2.75, 3.05) is 0 Å². The summed E-state index contributed by atoms with van der Waals surface area (Å²) >= 11 is 0. The molecule has 1 radical (unpaired) electrons. The Bertz CT molecular complexity index is 256. The summed E-state index contributed by atoms with van der Waals surface area (Å²) in [6.07, 6.45) is 0. The summed E-state index contributed by atoms with van der Waals surface area (Å²) in [7, 11) is -5.64. The molecule has 0 spiro atoms. The second-order valence-corrected chi connectivity index (χ2v) is 2.51. The largest absolute Gasteiger partial charge is 2.00 e. The van der Waals surface area contributed by atoms with E-state index in [0.717, 1.165) is 0 Å². The predicted molar refractivity (Wildman–Crippen MR) is 34.0 cm³/mol. The number of hydrogen-bond donors (Lipinski definition) is 0. The van der Waals surface area contributed by atoms with Crippen LogP contribution in [0.25, 0.3) is 0 Å². The summed E-state index contributed by atoms with van der Waals surface area (Å²) in [5.41, 5.74) is 0. The van der Waals surface area contributed by atoms with Gasteiger partial charge in [-0.05, 0) is 0 Å². The van der Waals surface area contributed by atoms with Gasteiger partial charge in [0.25, 0.3) is 0 Å². The summed E-state index contributed by atoms with van der Waals surface area (Å²) in [4.78, 5) is 16.9. The van der Waals surface area contributed by atoms with E-state index in [9.17, 15) is 8.59 Å². The summed E-state index contributed by atoms with van der Waals surface area (Å²) in [6.45, 7) is 0. The molecule has 13 heavy (non-hydrogen) atoms. The van der Waals surface area contributed by atoms with Gasteiger partial charge in [-0.1, -0.05) is 0 Å². The van der Waals surface area contributed by atoms with Gasteiger partial charge in [0, 0.05) is 5.82 Å². The van der Waals surface area contributed by atoms with Crippen LogP contribution in [0.3, 0.4) is 0 Å². The van der Waals surface area contributed by atoms with Crippen molar-refractivity contribution in [1.82, 2.24) is 0 Å². The second kappa shape index (κ2) is 7.18. The maximum Gasteiger partial charge on any atom is 2.00 e. The van der Waals surface area contributed by atoms with Crippen molar-refractivity contribution in [3.05, 3.63) is 36.1 Å². The minimum Gasteiger partial charge on any atom is -0.786 e. The Labute approximate surface area is 84.5 Å². The summed E-state index contributed by atoms with van der Waals surface area (Å²) < 4.78 is 30.5. The van der Waals surface area contributed by atoms with E-state index in [1.807, 2.05) is 0 Å². The molecule has 7 heteroatoms. The molecule has 0 bridgehead atoms. The van der Waals surface area contributed by atoms with Gasteiger partial charge in [0.2, 0.25) is 0 Å². The van der Waals surface area contributed by atoms with Crippen LogP contribution in [-0.4, -0.2) is 0 Å². The zero-order valence-corrected chi connectivity index (χ0v) is 7.87. The van der Waals surface area contributed by atoms with E-state index >= 15 is 0 Å². The second-order valence-electron chi connectivity index (χ2n) is 1.65. The van der Waals surface area contributed by atoms with Crippen molar-refractivity contribution in [2.45, 2.75) is 0 Å². The van der Waals surface area contributed by atoms with Gasteiger partial charge in [0.15, 0.2) is 0 Å². The fraction of sp³-hybridized carbons (Fsp3) is 0. The fourth-order valence-corrected chi connectivity index (χ4v) is 0.367. The van der Waals surface area contributed by atoms with E-state index in [-0.39, 0.29) is 22.9 Å². The van der Waals surface area contributed by atoms with E-state index in [2.05, 4.69) is 6.07 Å². The minimum atomic E-state index is -5.64. The van der Waals surface area contributed by atoms with Gasteiger partial charge in [-0.15, -0.1) is 12.1 Å². The number of benzene rings is 1. The normalized spacial score (nSPS) is 9.23. The minimum absolute atomic E-state index is 0. The number of halogens is 2. The van der Waals surface area contributed by atoms with E-state index in [1.54, 1.807) is 0 Å². The van der Waals surface area contributed by atoms with Gasteiger partial charge in [-0.25, -0.2) is 8.59 Å². The smallest absolute Gasteiger partial charge is 0.786 e. The maximum absolute atomic E-state index is 11.9. The monoisotopic (exact) mass is 256 g/mol. The van der Waals surface area contributed by atoms with E-state index < -0.39 is 7.91 Å². The van der Waals surface area contributed by atoms with Gasteiger partial charge in [-0.2, -0.15) is 18.2 Å². The molecule has 0 atom stereocenters. The van der Waals surface area contributed by atoms with Gasteiger partial charge >= 0.3 is 17.1 Å². The molecule has 0 saturated carbocycles. The first kappa shape index (κ1) is 15.2. The van der Waals surface area contributed by atoms with Crippen molar-refractivity contribution in [3.8, 4) is 0 Å². The Morgan fingerprint density at radius 3 is 1.77 bits per heavy atom. The zero-order valence-electron chi connectivity index (χ0n) is 6.04. The molecule has 3 nitrogen and oxygen atoms in total. The van der Waals surface area contributed by atoms with Crippen LogP contribution in [0.5, 0.6) is 0 Å². The van der Waals surface area contributed by atoms with Crippen LogP contribution in [0.15, 0.2) is 24.3 Å². The van der Waals surface area contributed by atoms with Crippen molar-refractivity contribution >= 4 is 7.91 Å². The summed E-state index contributed by atoms with van der Waals surface area (Å²) in [5.74, 6) is -0.209. The Balaban J connectivity index is 0. The Morgan fingerprint density at radius 1 is 1.31 bits per heavy atom. The summed E-state index contributed by atoms with van der Waals surface area (Å²) in [6, 6.07) is 8.49. The van der Waals surface area contributed by atoms with Gasteiger partial charge in [-0.3, -0.25) is 0 Å². The molecule has 0 heterocycles. The predicted octanol–water partition coefficient (Wildman–Crippen LogP) is 0.408. The molecule has 1 aromatic rings. The zero-order chi connectivity index (χ0) is 9.61. The molecule has 0 aliphatic carbocycles. The first-order valence-corrected chi connectivity index (χ1v) is 4.16. The average molecular weight is 257 g/mol. The average Bonchev–Trinajstić information content (AvgIpc) is 1.85. The van der Waals surface area contributed by atoms with Crippen LogP contribution in [0.1, 0.15) is 0 Å². The third kappa shape index (κ3) is 18.6. The molecule has 0 fully saturated rings. The molecule has 77 valence electrons. The van der Waals surface area contributed by atoms with E-state index in [4.69, 9.17) is 14.4 Å². The van der Waals surface area contributed by atoms with Gasteiger partial charge in [0.1, 0.15) is 7.91 Å². The quantitative estimate of drug-likeness (QED) is 0.384. The first-order chi connectivity index (χ1) is 5.39. The van der Waals surface area contributed by atoms with Crippen LogP contribution < -0.4 is 9.79 Å². The molecule has 0 N–H and O–H groups in total. The van der Waals surface area contributed by atoms with Crippen LogP contribution >= 0.6 is 7.91 Å². The third-order valence-corrected chi connectivity index (χ3v) is 0.678. The molecule has 0 unspecified atom stereocenters. The van der Waals surface area contributed by atoms with Crippen LogP contribution in [0.4, 0.5) is 8.59 Å². The van der Waals surface area contributed by atoms with Crippen molar-refractivity contribution < 1.29 is 40.0 Å². The van der Waals surface area contributed by atoms with Crippen LogP contribution in [-0.2, 0) is 21.6 Å². The topological polar surface area (TPSA) is 63.2 Å². The molecular weight excluding hydrogens is 253 g/mol. The molecule has 0 aliphatic rings.